The summed E-state index contributed by atoms with van der Waals surface area (Å²) >= 11 is 11.8. The van der Waals surface area contributed by atoms with E-state index in [1.54, 1.807) is 31.4 Å². The van der Waals surface area contributed by atoms with Crippen LogP contribution in [0.2, 0.25) is 10.0 Å². The van der Waals surface area contributed by atoms with Crippen molar-refractivity contribution in [1.29, 1.82) is 0 Å². The molecule has 0 unspecified atom stereocenters. The van der Waals surface area contributed by atoms with Crippen LogP contribution in [-0.2, 0) is 13.1 Å². The molecule has 116 valence electrons. The van der Waals surface area contributed by atoms with Crippen LogP contribution in [0.5, 0.6) is 5.75 Å². The van der Waals surface area contributed by atoms with Gasteiger partial charge in [-0.25, -0.2) is 4.79 Å². The summed E-state index contributed by atoms with van der Waals surface area (Å²) in [5.41, 5.74) is 1.75. The maximum Gasteiger partial charge on any atom is 0.315 e. The summed E-state index contributed by atoms with van der Waals surface area (Å²) < 4.78 is 5.23. The molecule has 0 aliphatic rings. The van der Waals surface area contributed by atoms with Crippen molar-refractivity contribution in [1.82, 2.24) is 10.6 Å². The zero-order valence-electron chi connectivity index (χ0n) is 12.0. The molecule has 0 fully saturated rings. The van der Waals surface area contributed by atoms with E-state index >= 15 is 0 Å². The average Bonchev–Trinajstić information content (AvgIpc) is 2.51. The van der Waals surface area contributed by atoms with E-state index in [9.17, 15) is 4.79 Å². The molecule has 0 saturated heterocycles. The molecule has 2 amide bonds. The van der Waals surface area contributed by atoms with Crippen LogP contribution in [-0.4, -0.2) is 13.1 Å². The third kappa shape index (κ3) is 4.83. The summed E-state index contributed by atoms with van der Waals surface area (Å²) in [7, 11) is 1.58. The van der Waals surface area contributed by atoms with Crippen LogP contribution in [0.3, 0.4) is 0 Å². The van der Waals surface area contributed by atoms with Crippen molar-refractivity contribution in [2.75, 3.05) is 7.11 Å². The quantitative estimate of drug-likeness (QED) is 0.865. The maximum atomic E-state index is 11.8. The van der Waals surface area contributed by atoms with Crippen molar-refractivity contribution in [2.45, 2.75) is 13.1 Å². The minimum atomic E-state index is -0.276. The van der Waals surface area contributed by atoms with Crippen molar-refractivity contribution >= 4 is 29.2 Å². The van der Waals surface area contributed by atoms with Gasteiger partial charge in [0.25, 0.3) is 0 Å². The molecule has 22 heavy (non-hydrogen) atoms. The molecule has 0 radical (unpaired) electrons. The van der Waals surface area contributed by atoms with E-state index < -0.39 is 0 Å². The predicted octanol–water partition coefficient (Wildman–Crippen LogP) is 4.00. The van der Waals surface area contributed by atoms with Gasteiger partial charge in [0.1, 0.15) is 5.75 Å². The van der Waals surface area contributed by atoms with Crippen molar-refractivity contribution in [3.8, 4) is 5.75 Å². The summed E-state index contributed by atoms with van der Waals surface area (Å²) in [4.78, 5) is 11.8. The van der Waals surface area contributed by atoms with Gasteiger partial charge < -0.3 is 15.4 Å². The van der Waals surface area contributed by atoms with E-state index in [4.69, 9.17) is 27.9 Å². The van der Waals surface area contributed by atoms with Crippen LogP contribution in [0.1, 0.15) is 11.1 Å². The predicted molar refractivity (Wildman–Crippen MR) is 88.5 cm³/mol. The number of rotatable bonds is 5. The normalized spacial score (nSPS) is 10.1. The minimum Gasteiger partial charge on any atom is -0.496 e. The number of ether oxygens (including phenoxy) is 1. The first-order valence-electron chi connectivity index (χ1n) is 6.67. The molecule has 0 bridgehead atoms. The van der Waals surface area contributed by atoms with Gasteiger partial charge in [0, 0.05) is 28.7 Å². The van der Waals surface area contributed by atoms with Gasteiger partial charge in [-0.1, -0.05) is 35.3 Å². The fraction of sp³-hybridized carbons (Fsp3) is 0.188. The highest BCUT2D eigenvalue weighted by Gasteiger charge is 2.06. The summed E-state index contributed by atoms with van der Waals surface area (Å²) in [5, 5.41) is 6.77. The number of urea groups is 1. The molecule has 2 aromatic carbocycles. The van der Waals surface area contributed by atoms with Crippen molar-refractivity contribution in [2.24, 2.45) is 0 Å². The van der Waals surface area contributed by atoms with Gasteiger partial charge in [0.15, 0.2) is 0 Å². The van der Waals surface area contributed by atoms with Crippen LogP contribution in [0, 0.1) is 0 Å². The highest BCUT2D eigenvalue weighted by molar-refractivity contribution is 6.30. The number of halogens is 2. The summed E-state index contributed by atoms with van der Waals surface area (Å²) in [5.74, 6) is 0.680. The van der Waals surface area contributed by atoms with Gasteiger partial charge in [0.2, 0.25) is 0 Å². The highest BCUT2D eigenvalue weighted by Crippen LogP contribution is 2.22. The van der Waals surface area contributed by atoms with Gasteiger partial charge in [-0.15, -0.1) is 0 Å². The van der Waals surface area contributed by atoms with Crippen LogP contribution in [0.4, 0.5) is 4.79 Å². The molecule has 0 saturated carbocycles. The molecule has 0 aliphatic carbocycles. The monoisotopic (exact) mass is 338 g/mol. The molecule has 0 aromatic heterocycles. The fourth-order valence-electron chi connectivity index (χ4n) is 1.95. The Morgan fingerprint density at radius 3 is 2.50 bits per heavy atom. The summed E-state index contributed by atoms with van der Waals surface area (Å²) in [6.07, 6.45) is 0. The first-order chi connectivity index (χ1) is 10.6. The Balaban J connectivity index is 1.86. The van der Waals surface area contributed by atoms with Crippen LogP contribution >= 0.6 is 23.2 Å². The lowest BCUT2D eigenvalue weighted by Gasteiger charge is -2.11. The Kier molecular flexibility index (Phi) is 5.92. The standard InChI is InChI=1S/C16H16Cl2N2O2/c1-22-15-6-5-14(18)8-12(15)10-20-16(21)19-9-11-3-2-4-13(17)7-11/h2-8H,9-10H2,1H3,(H2,19,20,21). The largest absolute Gasteiger partial charge is 0.496 e. The topological polar surface area (TPSA) is 50.4 Å². The highest BCUT2D eigenvalue weighted by atomic mass is 35.5. The molecule has 0 spiro atoms. The number of hydrogen-bond donors (Lipinski definition) is 2. The molecule has 0 aliphatic heterocycles. The third-order valence-corrected chi connectivity index (χ3v) is 3.49. The second-order valence-electron chi connectivity index (χ2n) is 4.62. The first kappa shape index (κ1) is 16.5. The molecule has 4 nitrogen and oxygen atoms in total. The second kappa shape index (κ2) is 7.92. The Labute approximate surface area is 139 Å². The molecule has 0 heterocycles. The summed E-state index contributed by atoms with van der Waals surface area (Å²) in [6, 6.07) is 12.3. The van der Waals surface area contributed by atoms with Crippen molar-refractivity contribution < 1.29 is 9.53 Å². The fourth-order valence-corrected chi connectivity index (χ4v) is 2.36. The molecule has 2 rings (SSSR count). The number of carbonyl (C=O) groups excluding carboxylic acids is 1. The van der Waals surface area contributed by atoms with Crippen LogP contribution in [0.25, 0.3) is 0 Å². The lowest BCUT2D eigenvalue weighted by Crippen LogP contribution is -2.34. The van der Waals surface area contributed by atoms with Crippen molar-refractivity contribution in [3.63, 3.8) is 0 Å². The first-order valence-corrected chi connectivity index (χ1v) is 7.42. The Hall–Kier alpha value is -1.91. The van der Waals surface area contributed by atoms with E-state index in [0.29, 0.717) is 28.9 Å². The lowest BCUT2D eigenvalue weighted by atomic mass is 10.2. The Morgan fingerprint density at radius 2 is 1.77 bits per heavy atom. The number of benzene rings is 2. The van der Waals surface area contributed by atoms with E-state index in [0.717, 1.165) is 11.1 Å². The Morgan fingerprint density at radius 1 is 1.05 bits per heavy atom. The molecule has 6 heteroatoms. The minimum absolute atomic E-state index is 0.276. The van der Waals surface area contributed by atoms with E-state index in [2.05, 4.69) is 10.6 Å². The zero-order valence-corrected chi connectivity index (χ0v) is 13.5. The second-order valence-corrected chi connectivity index (χ2v) is 5.50. The van der Waals surface area contributed by atoms with Gasteiger partial charge in [-0.3, -0.25) is 0 Å². The van der Waals surface area contributed by atoms with Crippen LogP contribution in [0.15, 0.2) is 42.5 Å². The average molecular weight is 339 g/mol. The lowest BCUT2D eigenvalue weighted by molar-refractivity contribution is 0.240. The molecular formula is C16H16Cl2N2O2. The van der Waals surface area contributed by atoms with Gasteiger partial charge in [-0.05, 0) is 35.9 Å². The number of hydrogen-bond acceptors (Lipinski definition) is 2. The number of nitrogens with one attached hydrogen (secondary N) is 2. The smallest absolute Gasteiger partial charge is 0.315 e. The van der Waals surface area contributed by atoms with Crippen LogP contribution < -0.4 is 15.4 Å². The van der Waals surface area contributed by atoms with E-state index in [-0.39, 0.29) is 6.03 Å². The SMILES string of the molecule is COc1ccc(Cl)cc1CNC(=O)NCc1cccc(Cl)c1. The molecular weight excluding hydrogens is 323 g/mol. The number of amides is 2. The summed E-state index contributed by atoms with van der Waals surface area (Å²) in [6.45, 7) is 0.726. The Bertz CT molecular complexity index is 662. The molecule has 2 aromatic rings. The van der Waals surface area contributed by atoms with E-state index in [1.165, 1.54) is 0 Å². The van der Waals surface area contributed by atoms with E-state index in [1.807, 2.05) is 18.2 Å². The van der Waals surface area contributed by atoms with Gasteiger partial charge >= 0.3 is 6.03 Å². The van der Waals surface area contributed by atoms with Gasteiger partial charge in [-0.2, -0.15) is 0 Å². The van der Waals surface area contributed by atoms with Gasteiger partial charge in [0.05, 0.1) is 7.11 Å². The number of methoxy groups -OCH3 is 1. The maximum absolute atomic E-state index is 11.8. The van der Waals surface area contributed by atoms with Crippen molar-refractivity contribution in [3.05, 3.63) is 63.6 Å². The molecule has 0 atom stereocenters. The number of carbonyl (C=O) groups is 1. The zero-order chi connectivity index (χ0) is 15.9. The molecule has 2 N–H and O–H groups in total. The third-order valence-electron chi connectivity index (χ3n) is 3.02.